The minimum Gasteiger partial charge on any atom is -0.496 e. The normalized spacial score (nSPS) is 12.4. The molecule has 0 spiro atoms. The van der Waals surface area contributed by atoms with E-state index in [1.165, 1.54) is 16.7 Å². The van der Waals surface area contributed by atoms with Crippen LogP contribution in [0.2, 0.25) is 0 Å². The summed E-state index contributed by atoms with van der Waals surface area (Å²) in [7, 11) is 1.75. The highest BCUT2D eigenvalue weighted by Crippen LogP contribution is 2.34. The SMILES string of the molecule is COc1ccc(C)cc1C(CCNC(C)C)c1ccccc1. The minimum absolute atomic E-state index is 0.349. The lowest BCUT2D eigenvalue weighted by atomic mass is 9.87. The average molecular weight is 297 g/mol. The van der Waals surface area contributed by atoms with Gasteiger partial charge in [-0.25, -0.2) is 0 Å². The van der Waals surface area contributed by atoms with Gasteiger partial charge in [0.1, 0.15) is 5.75 Å². The fraction of sp³-hybridized carbons (Fsp3) is 0.400. The zero-order valence-electron chi connectivity index (χ0n) is 14.1. The number of aryl methyl sites for hydroxylation is 1. The topological polar surface area (TPSA) is 21.3 Å². The zero-order valence-corrected chi connectivity index (χ0v) is 14.1. The van der Waals surface area contributed by atoms with Crippen LogP contribution in [0.3, 0.4) is 0 Å². The standard InChI is InChI=1S/C20H27NO/c1-15(2)21-13-12-18(17-8-6-5-7-9-17)19-14-16(3)10-11-20(19)22-4/h5-11,14-15,18,21H,12-13H2,1-4H3. The monoisotopic (exact) mass is 297 g/mol. The summed E-state index contributed by atoms with van der Waals surface area (Å²) < 4.78 is 5.61. The molecule has 2 nitrogen and oxygen atoms in total. The Hall–Kier alpha value is -1.80. The smallest absolute Gasteiger partial charge is 0.122 e. The first-order chi connectivity index (χ1) is 10.6. The predicted molar refractivity (Wildman–Crippen MR) is 93.8 cm³/mol. The Morgan fingerprint density at radius 1 is 1.05 bits per heavy atom. The molecule has 2 rings (SSSR count). The van der Waals surface area contributed by atoms with Crippen LogP contribution in [-0.2, 0) is 0 Å². The Bertz CT molecular complexity index is 578. The minimum atomic E-state index is 0.349. The summed E-state index contributed by atoms with van der Waals surface area (Å²) in [6, 6.07) is 17.7. The molecule has 0 amide bonds. The van der Waals surface area contributed by atoms with Crippen molar-refractivity contribution < 1.29 is 4.74 Å². The summed E-state index contributed by atoms with van der Waals surface area (Å²) >= 11 is 0. The molecule has 1 N–H and O–H groups in total. The van der Waals surface area contributed by atoms with E-state index in [0.29, 0.717) is 12.0 Å². The lowest BCUT2D eigenvalue weighted by molar-refractivity contribution is 0.405. The maximum Gasteiger partial charge on any atom is 0.122 e. The molecule has 0 bridgehead atoms. The Kier molecular flexibility index (Phi) is 6.02. The van der Waals surface area contributed by atoms with Crippen molar-refractivity contribution in [2.75, 3.05) is 13.7 Å². The molecule has 2 aromatic rings. The number of hydrogen-bond acceptors (Lipinski definition) is 2. The molecule has 1 unspecified atom stereocenters. The van der Waals surface area contributed by atoms with Gasteiger partial charge < -0.3 is 10.1 Å². The molecule has 118 valence electrons. The summed E-state index contributed by atoms with van der Waals surface area (Å²) in [5.41, 5.74) is 3.89. The molecule has 0 saturated heterocycles. The van der Waals surface area contributed by atoms with E-state index in [4.69, 9.17) is 4.74 Å². The van der Waals surface area contributed by atoms with Gasteiger partial charge in [0.15, 0.2) is 0 Å². The Morgan fingerprint density at radius 2 is 1.77 bits per heavy atom. The van der Waals surface area contributed by atoms with Crippen molar-refractivity contribution in [3.05, 3.63) is 65.2 Å². The molecular formula is C20H27NO. The summed E-state index contributed by atoms with van der Waals surface area (Å²) in [6.45, 7) is 7.50. The molecule has 0 aliphatic carbocycles. The zero-order chi connectivity index (χ0) is 15.9. The number of benzene rings is 2. The van der Waals surface area contributed by atoms with E-state index >= 15 is 0 Å². The average Bonchev–Trinajstić information content (AvgIpc) is 2.52. The number of hydrogen-bond donors (Lipinski definition) is 1. The molecule has 1 atom stereocenters. The van der Waals surface area contributed by atoms with Gasteiger partial charge in [-0.2, -0.15) is 0 Å². The van der Waals surface area contributed by atoms with Crippen LogP contribution in [0.1, 0.15) is 42.9 Å². The lowest BCUT2D eigenvalue weighted by Gasteiger charge is -2.22. The second-order valence-electron chi connectivity index (χ2n) is 6.11. The second kappa shape index (κ2) is 8.00. The van der Waals surface area contributed by atoms with Crippen molar-refractivity contribution in [1.29, 1.82) is 0 Å². The van der Waals surface area contributed by atoms with Crippen LogP contribution in [0.5, 0.6) is 5.75 Å². The molecule has 22 heavy (non-hydrogen) atoms. The largest absolute Gasteiger partial charge is 0.496 e. The Labute approximate surface area is 134 Å². The predicted octanol–water partition coefficient (Wildman–Crippen LogP) is 4.52. The molecule has 2 heteroatoms. The maximum absolute atomic E-state index is 5.61. The fourth-order valence-corrected chi connectivity index (χ4v) is 2.83. The highest BCUT2D eigenvalue weighted by atomic mass is 16.5. The summed E-state index contributed by atoms with van der Waals surface area (Å²) in [5, 5.41) is 3.53. The Morgan fingerprint density at radius 3 is 2.41 bits per heavy atom. The fourth-order valence-electron chi connectivity index (χ4n) is 2.83. The van der Waals surface area contributed by atoms with E-state index < -0.39 is 0 Å². The molecule has 0 fully saturated rings. The van der Waals surface area contributed by atoms with Gasteiger partial charge in [0.2, 0.25) is 0 Å². The van der Waals surface area contributed by atoms with Gasteiger partial charge in [-0.15, -0.1) is 0 Å². The van der Waals surface area contributed by atoms with Gasteiger partial charge >= 0.3 is 0 Å². The first kappa shape index (κ1) is 16.6. The molecule has 0 aliphatic heterocycles. The van der Waals surface area contributed by atoms with Gasteiger partial charge in [0, 0.05) is 17.5 Å². The van der Waals surface area contributed by atoms with Gasteiger partial charge in [-0.1, -0.05) is 61.9 Å². The van der Waals surface area contributed by atoms with E-state index in [1.54, 1.807) is 7.11 Å². The molecule has 2 aromatic carbocycles. The quantitative estimate of drug-likeness (QED) is 0.811. The molecule has 0 radical (unpaired) electrons. The van der Waals surface area contributed by atoms with E-state index in [2.05, 4.69) is 74.6 Å². The van der Waals surface area contributed by atoms with Crippen molar-refractivity contribution in [3.8, 4) is 5.75 Å². The van der Waals surface area contributed by atoms with Crippen LogP contribution < -0.4 is 10.1 Å². The van der Waals surface area contributed by atoms with Gasteiger partial charge in [-0.05, 0) is 31.5 Å². The van der Waals surface area contributed by atoms with E-state index in [0.717, 1.165) is 18.7 Å². The van der Waals surface area contributed by atoms with Crippen molar-refractivity contribution >= 4 is 0 Å². The van der Waals surface area contributed by atoms with Crippen LogP contribution >= 0.6 is 0 Å². The third-order valence-electron chi connectivity index (χ3n) is 3.95. The third kappa shape index (κ3) is 4.35. The molecule has 0 aromatic heterocycles. The first-order valence-electron chi connectivity index (χ1n) is 8.04. The number of methoxy groups -OCH3 is 1. The van der Waals surface area contributed by atoms with Crippen molar-refractivity contribution in [1.82, 2.24) is 5.32 Å². The number of nitrogens with one attached hydrogen (secondary N) is 1. The van der Waals surface area contributed by atoms with Gasteiger partial charge in [0.05, 0.1) is 7.11 Å². The maximum atomic E-state index is 5.61. The van der Waals surface area contributed by atoms with Crippen LogP contribution in [0, 0.1) is 6.92 Å². The van der Waals surface area contributed by atoms with Gasteiger partial charge in [-0.3, -0.25) is 0 Å². The van der Waals surface area contributed by atoms with E-state index in [-0.39, 0.29) is 0 Å². The summed E-state index contributed by atoms with van der Waals surface area (Å²) in [6.07, 6.45) is 1.06. The van der Waals surface area contributed by atoms with Gasteiger partial charge in [0.25, 0.3) is 0 Å². The van der Waals surface area contributed by atoms with E-state index in [9.17, 15) is 0 Å². The molecule has 0 heterocycles. The number of ether oxygens (including phenoxy) is 1. The lowest BCUT2D eigenvalue weighted by Crippen LogP contribution is -2.25. The third-order valence-corrected chi connectivity index (χ3v) is 3.95. The van der Waals surface area contributed by atoms with E-state index in [1.807, 2.05) is 0 Å². The number of rotatable bonds is 7. The van der Waals surface area contributed by atoms with Crippen molar-refractivity contribution in [2.45, 2.75) is 39.2 Å². The van der Waals surface area contributed by atoms with Crippen molar-refractivity contribution in [2.24, 2.45) is 0 Å². The highest BCUT2D eigenvalue weighted by Gasteiger charge is 2.18. The molecule has 0 saturated carbocycles. The summed E-state index contributed by atoms with van der Waals surface area (Å²) in [5.74, 6) is 1.33. The molecular weight excluding hydrogens is 270 g/mol. The molecule has 0 aliphatic rings. The first-order valence-corrected chi connectivity index (χ1v) is 8.04. The van der Waals surface area contributed by atoms with Crippen LogP contribution in [0.4, 0.5) is 0 Å². The van der Waals surface area contributed by atoms with Crippen LogP contribution in [-0.4, -0.2) is 19.7 Å². The Balaban J connectivity index is 2.33. The summed E-state index contributed by atoms with van der Waals surface area (Å²) in [4.78, 5) is 0. The highest BCUT2D eigenvalue weighted by molar-refractivity contribution is 5.44. The second-order valence-corrected chi connectivity index (χ2v) is 6.11. The van der Waals surface area contributed by atoms with Crippen molar-refractivity contribution in [3.63, 3.8) is 0 Å². The van der Waals surface area contributed by atoms with Crippen LogP contribution in [0.25, 0.3) is 0 Å². The van der Waals surface area contributed by atoms with Crippen LogP contribution in [0.15, 0.2) is 48.5 Å².